The third-order valence-electron chi connectivity index (χ3n) is 2.06. The largest absolute Gasteiger partial charge is 0.380 e. The third-order valence-corrected chi connectivity index (χ3v) is 3.61. The summed E-state index contributed by atoms with van der Waals surface area (Å²) in [6, 6.07) is 4.99. The molecule has 2 rings (SSSR count). The lowest BCUT2D eigenvalue weighted by atomic mass is 10.3. The Morgan fingerprint density at radius 2 is 2.31 bits per heavy atom. The van der Waals surface area contributed by atoms with Crippen LogP contribution in [0.25, 0.3) is 0 Å². The van der Waals surface area contributed by atoms with E-state index in [1.165, 1.54) is 6.07 Å². The van der Waals surface area contributed by atoms with Crippen LogP contribution in [-0.2, 0) is 6.54 Å². The molecular weight excluding hydrogens is 291 g/mol. The Hall–Kier alpha value is -0.940. The van der Waals surface area contributed by atoms with Gasteiger partial charge in [-0.25, -0.2) is 9.37 Å². The lowest BCUT2D eigenvalue weighted by Crippen LogP contribution is -1.97. The Morgan fingerprint density at radius 3 is 2.94 bits per heavy atom. The van der Waals surface area contributed by atoms with Crippen LogP contribution in [0.15, 0.2) is 28.9 Å². The van der Waals surface area contributed by atoms with Crippen molar-refractivity contribution in [3.8, 4) is 0 Å². The molecule has 2 nitrogen and oxygen atoms in total. The van der Waals surface area contributed by atoms with Gasteiger partial charge in [-0.2, -0.15) is 0 Å². The predicted molar refractivity (Wildman–Crippen MR) is 68.3 cm³/mol. The maximum absolute atomic E-state index is 13.2. The summed E-state index contributed by atoms with van der Waals surface area (Å²) in [6.07, 6.45) is 1.84. The number of anilines is 1. The number of hydrogen-bond acceptors (Lipinski definition) is 3. The van der Waals surface area contributed by atoms with E-state index in [-0.39, 0.29) is 5.82 Å². The van der Waals surface area contributed by atoms with Crippen molar-refractivity contribution in [3.05, 3.63) is 44.6 Å². The molecule has 0 spiro atoms. The number of rotatable bonds is 3. The summed E-state index contributed by atoms with van der Waals surface area (Å²) >= 11 is 4.76. The topological polar surface area (TPSA) is 24.9 Å². The van der Waals surface area contributed by atoms with E-state index in [0.717, 1.165) is 15.6 Å². The lowest BCUT2D eigenvalue weighted by molar-refractivity contribution is 0.621. The Kier molecular flexibility index (Phi) is 3.56. The molecule has 2 aromatic rings. The number of benzene rings is 1. The third kappa shape index (κ3) is 2.80. The zero-order chi connectivity index (χ0) is 11.5. The second-order valence-electron chi connectivity index (χ2n) is 3.33. The zero-order valence-electron chi connectivity index (χ0n) is 8.63. The molecule has 1 heterocycles. The van der Waals surface area contributed by atoms with Crippen molar-refractivity contribution in [2.24, 2.45) is 0 Å². The summed E-state index contributed by atoms with van der Waals surface area (Å²) < 4.78 is 13.7. The molecule has 0 aliphatic carbocycles. The molecule has 0 saturated heterocycles. The van der Waals surface area contributed by atoms with E-state index in [1.807, 2.05) is 19.2 Å². The molecule has 0 aliphatic rings. The van der Waals surface area contributed by atoms with E-state index in [9.17, 15) is 4.39 Å². The van der Waals surface area contributed by atoms with Crippen LogP contribution in [0.1, 0.15) is 9.88 Å². The molecule has 0 fully saturated rings. The van der Waals surface area contributed by atoms with Gasteiger partial charge in [0.1, 0.15) is 5.82 Å². The fourth-order valence-corrected chi connectivity index (χ4v) is 2.26. The van der Waals surface area contributed by atoms with Crippen molar-refractivity contribution in [1.29, 1.82) is 0 Å². The van der Waals surface area contributed by atoms with E-state index >= 15 is 0 Å². The summed E-state index contributed by atoms with van der Waals surface area (Å²) in [4.78, 5) is 5.30. The molecule has 0 aliphatic heterocycles. The van der Waals surface area contributed by atoms with Crippen LogP contribution in [-0.4, -0.2) is 4.98 Å². The van der Waals surface area contributed by atoms with Gasteiger partial charge in [-0.3, -0.25) is 0 Å². The molecule has 84 valence electrons. The van der Waals surface area contributed by atoms with Crippen LogP contribution in [0.2, 0.25) is 0 Å². The van der Waals surface area contributed by atoms with Crippen LogP contribution in [0.5, 0.6) is 0 Å². The van der Waals surface area contributed by atoms with Gasteiger partial charge in [-0.15, -0.1) is 11.3 Å². The SMILES string of the molecule is Cc1ncc(CNc2ccc(Br)c(F)c2)s1. The molecule has 16 heavy (non-hydrogen) atoms. The van der Waals surface area contributed by atoms with Crippen LogP contribution in [0, 0.1) is 12.7 Å². The normalized spacial score (nSPS) is 10.4. The Balaban J connectivity index is 2.02. The monoisotopic (exact) mass is 300 g/mol. The van der Waals surface area contributed by atoms with Gasteiger partial charge in [0.25, 0.3) is 0 Å². The van der Waals surface area contributed by atoms with Crippen LogP contribution < -0.4 is 5.32 Å². The van der Waals surface area contributed by atoms with Crippen LogP contribution in [0.3, 0.4) is 0 Å². The van der Waals surface area contributed by atoms with Crippen molar-refractivity contribution < 1.29 is 4.39 Å². The summed E-state index contributed by atoms with van der Waals surface area (Å²) in [5.74, 6) is -0.259. The minimum atomic E-state index is -0.259. The molecule has 0 atom stereocenters. The highest BCUT2D eigenvalue weighted by Crippen LogP contribution is 2.20. The number of halogens is 2. The fourth-order valence-electron chi connectivity index (χ4n) is 1.28. The maximum atomic E-state index is 13.2. The fraction of sp³-hybridized carbons (Fsp3) is 0.182. The van der Waals surface area contributed by atoms with Crippen LogP contribution in [0.4, 0.5) is 10.1 Å². The highest BCUT2D eigenvalue weighted by Gasteiger charge is 2.01. The van der Waals surface area contributed by atoms with Crippen molar-refractivity contribution in [2.75, 3.05) is 5.32 Å². The quantitative estimate of drug-likeness (QED) is 0.928. The smallest absolute Gasteiger partial charge is 0.139 e. The number of hydrogen-bond donors (Lipinski definition) is 1. The van der Waals surface area contributed by atoms with Crippen molar-refractivity contribution in [3.63, 3.8) is 0 Å². The zero-order valence-corrected chi connectivity index (χ0v) is 11.0. The second-order valence-corrected chi connectivity index (χ2v) is 5.50. The summed E-state index contributed by atoms with van der Waals surface area (Å²) in [5, 5.41) is 4.19. The first kappa shape index (κ1) is 11.5. The number of aromatic nitrogens is 1. The van der Waals surface area contributed by atoms with Gasteiger partial charge in [0.15, 0.2) is 0 Å². The Labute approximate surface area is 106 Å². The standard InChI is InChI=1S/C11H10BrFN2S/c1-7-14-5-9(16-7)6-15-8-2-3-10(12)11(13)4-8/h2-5,15H,6H2,1H3. The first-order chi connectivity index (χ1) is 7.65. The maximum Gasteiger partial charge on any atom is 0.139 e. The van der Waals surface area contributed by atoms with Crippen LogP contribution >= 0.6 is 27.3 Å². The molecule has 1 aromatic carbocycles. The summed E-state index contributed by atoms with van der Waals surface area (Å²) in [6.45, 7) is 2.64. The number of nitrogens with one attached hydrogen (secondary N) is 1. The van der Waals surface area contributed by atoms with Gasteiger partial charge in [-0.1, -0.05) is 0 Å². The van der Waals surface area contributed by atoms with E-state index in [0.29, 0.717) is 11.0 Å². The molecule has 0 bridgehead atoms. The Bertz CT molecular complexity index is 498. The van der Waals surface area contributed by atoms with E-state index < -0.39 is 0 Å². The molecular formula is C11H10BrFN2S. The minimum Gasteiger partial charge on any atom is -0.380 e. The highest BCUT2D eigenvalue weighted by atomic mass is 79.9. The summed E-state index contributed by atoms with van der Waals surface area (Å²) in [7, 11) is 0. The first-order valence-corrected chi connectivity index (χ1v) is 6.36. The lowest BCUT2D eigenvalue weighted by Gasteiger charge is -2.04. The molecule has 0 unspecified atom stereocenters. The number of nitrogens with zero attached hydrogens (tertiary/aromatic N) is 1. The van der Waals surface area contributed by atoms with Gasteiger partial charge >= 0.3 is 0 Å². The average Bonchev–Trinajstić information content (AvgIpc) is 2.66. The van der Waals surface area contributed by atoms with Gasteiger partial charge < -0.3 is 5.32 Å². The van der Waals surface area contributed by atoms with E-state index in [4.69, 9.17) is 0 Å². The van der Waals surface area contributed by atoms with E-state index in [1.54, 1.807) is 17.4 Å². The van der Waals surface area contributed by atoms with Gasteiger partial charge in [0, 0.05) is 16.8 Å². The Morgan fingerprint density at radius 1 is 1.50 bits per heavy atom. The number of thiazole rings is 1. The van der Waals surface area contributed by atoms with Crippen molar-refractivity contribution >= 4 is 33.0 Å². The molecule has 0 amide bonds. The van der Waals surface area contributed by atoms with Crippen molar-refractivity contribution in [2.45, 2.75) is 13.5 Å². The van der Waals surface area contributed by atoms with Gasteiger partial charge in [-0.05, 0) is 41.1 Å². The van der Waals surface area contributed by atoms with Crippen molar-refractivity contribution in [1.82, 2.24) is 4.98 Å². The molecule has 0 radical (unpaired) electrons. The van der Waals surface area contributed by atoms with E-state index in [2.05, 4.69) is 26.2 Å². The molecule has 1 aromatic heterocycles. The molecule has 5 heteroatoms. The van der Waals surface area contributed by atoms with Gasteiger partial charge in [0.05, 0.1) is 16.0 Å². The number of aryl methyl sites for hydroxylation is 1. The molecule has 0 saturated carbocycles. The van der Waals surface area contributed by atoms with Gasteiger partial charge in [0.2, 0.25) is 0 Å². The summed E-state index contributed by atoms with van der Waals surface area (Å²) in [5.41, 5.74) is 0.770. The first-order valence-electron chi connectivity index (χ1n) is 4.75. The average molecular weight is 301 g/mol. The second kappa shape index (κ2) is 4.93. The predicted octanol–water partition coefficient (Wildman–Crippen LogP) is 3.97. The molecule has 1 N–H and O–H groups in total. The minimum absolute atomic E-state index is 0.259. The highest BCUT2D eigenvalue weighted by molar-refractivity contribution is 9.10.